The molecule has 2 aromatic rings. The molecule has 7 nitrogen and oxygen atoms in total. The van der Waals surface area contributed by atoms with E-state index in [1.54, 1.807) is 17.0 Å². The van der Waals surface area contributed by atoms with Gasteiger partial charge in [-0.2, -0.15) is 0 Å². The maximum atomic E-state index is 13.5. The Bertz CT molecular complexity index is 1170. The van der Waals surface area contributed by atoms with Crippen molar-refractivity contribution in [3.05, 3.63) is 64.9 Å². The average Bonchev–Trinajstić information content (AvgIpc) is 2.88. The van der Waals surface area contributed by atoms with Gasteiger partial charge in [-0.25, -0.2) is 12.8 Å². The lowest BCUT2D eigenvalue weighted by Gasteiger charge is -2.33. The summed E-state index contributed by atoms with van der Waals surface area (Å²) in [7, 11) is -3.64. The van der Waals surface area contributed by atoms with Crippen LogP contribution in [0.5, 0.6) is 0 Å². The quantitative estimate of drug-likeness (QED) is 0.379. The second kappa shape index (κ2) is 13.9. The first-order valence-corrected chi connectivity index (χ1v) is 15.4. The van der Waals surface area contributed by atoms with Gasteiger partial charge in [-0.1, -0.05) is 49.9 Å². The van der Waals surface area contributed by atoms with E-state index < -0.39 is 21.9 Å². The number of amides is 2. The first-order chi connectivity index (χ1) is 18.1. The van der Waals surface area contributed by atoms with Gasteiger partial charge in [0.25, 0.3) is 0 Å². The summed E-state index contributed by atoms with van der Waals surface area (Å²) >= 11 is 6.03. The van der Waals surface area contributed by atoms with E-state index in [0.29, 0.717) is 17.1 Å². The minimum Gasteiger partial charge on any atom is -0.352 e. The molecular formula is C28H37ClFN3O4S. The number of rotatable bonds is 12. The van der Waals surface area contributed by atoms with E-state index in [4.69, 9.17) is 11.6 Å². The molecule has 10 heteroatoms. The van der Waals surface area contributed by atoms with E-state index in [-0.39, 0.29) is 43.8 Å². The van der Waals surface area contributed by atoms with Crippen molar-refractivity contribution in [2.24, 2.45) is 0 Å². The molecule has 208 valence electrons. The third kappa shape index (κ3) is 8.70. The van der Waals surface area contributed by atoms with E-state index in [0.717, 1.165) is 41.8 Å². The van der Waals surface area contributed by atoms with Crippen LogP contribution in [0.1, 0.15) is 63.9 Å². The van der Waals surface area contributed by atoms with Gasteiger partial charge in [-0.3, -0.25) is 13.9 Å². The highest BCUT2D eigenvalue weighted by molar-refractivity contribution is 7.92. The number of carbonyl (C=O) groups excluding carboxylic acids is 2. The van der Waals surface area contributed by atoms with Gasteiger partial charge >= 0.3 is 0 Å². The van der Waals surface area contributed by atoms with E-state index in [1.165, 1.54) is 30.7 Å². The Labute approximate surface area is 230 Å². The molecule has 2 amide bonds. The fourth-order valence-electron chi connectivity index (χ4n) is 4.86. The van der Waals surface area contributed by atoms with Crippen molar-refractivity contribution >= 4 is 39.1 Å². The van der Waals surface area contributed by atoms with Crippen molar-refractivity contribution < 1.29 is 22.4 Å². The zero-order valence-electron chi connectivity index (χ0n) is 22.0. The molecule has 1 fully saturated rings. The molecule has 0 spiro atoms. The predicted molar refractivity (Wildman–Crippen MR) is 149 cm³/mol. The summed E-state index contributed by atoms with van der Waals surface area (Å²) in [6, 6.07) is 11.8. The van der Waals surface area contributed by atoms with Crippen LogP contribution in [0.15, 0.2) is 48.5 Å². The lowest BCUT2D eigenvalue weighted by atomic mass is 9.95. The van der Waals surface area contributed by atoms with Gasteiger partial charge < -0.3 is 10.2 Å². The molecule has 0 unspecified atom stereocenters. The molecule has 3 rings (SSSR count). The molecule has 1 aliphatic carbocycles. The highest BCUT2D eigenvalue weighted by atomic mass is 35.5. The van der Waals surface area contributed by atoms with Crippen LogP contribution in [0.3, 0.4) is 0 Å². The van der Waals surface area contributed by atoms with Gasteiger partial charge in [0, 0.05) is 30.6 Å². The van der Waals surface area contributed by atoms with E-state index in [9.17, 15) is 22.4 Å². The summed E-state index contributed by atoms with van der Waals surface area (Å²) in [4.78, 5) is 28.4. The van der Waals surface area contributed by atoms with E-state index >= 15 is 0 Å². The van der Waals surface area contributed by atoms with Crippen LogP contribution in [0.4, 0.5) is 10.1 Å². The van der Waals surface area contributed by atoms with Gasteiger partial charge in [0.1, 0.15) is 11.9 Å². The summed E-state index contributed by atoms with van der Waals surface area (Å²) < 4.78 is 39.3. The minimum atomic E-state index is -3.64. The van der Waals surface area contributed by atoms with E-state index in [1.807, 2.05) is 19.1 Å². The number of carbonyl (C=O) groups is 2. The Hall–Kier alpha value is -2.65. The normalized spacial score (nSPS) is 15.1. The average molecular weight is 566 g/mol. The number of anilines is 1. The number of halogens is 2. The molecule has 0 aromatic heterocycles. The van der Waals surface area contributed by atoms with Crippen LogP contribution in [0.2, 0.25) is 5.02 Å². The second-order valence-corrected chi connectivity index (χ2v) is 12.2. The Kier molecular flexibility index (Phi) is 11.0. The maximum Gasteiger partial charge on any atom is 0.243 e. The number of sulfonamides is 1. The molecule has 1 atom stereocenters. The zero-order chi connectivity index (χ0) is 27.7. The highest BCUT2D eigenvalue weighted by Gasteiger charge is 2.30. The lowest BCUT2D eigenvalue weighted by molar-refractivity contribution is -0.141. The number of hydrogen-bond donors (Lipinski definition) is 1. The Balaban J connectivity index is 1.74. The smallest absolute Gasteiger partial charge is 0.243 e. The van der Waals surface area contributed by atoms with Crippen LogP contribution < -0.4 is 9.62 Å². The third-order valence-corrected chi connectivity index (χ3v) is 8.32. The molecule has 0 saturated heterocycles. The van der Waals surface area contributed by atoms with Crippen LogP contribution >= 0.6 is 11.6 Å². The molecule has 0 bridgehead atoms. The fourth-order valence-corrected chi connectivity index (χ4v) is 5.95. The van der Waals surface area contributed by atoms with Crippen molar-refractivity contribution in [2.45, 2.75) is 76.9 Å². The van der Waals surface area contributed by atoms with Crippen LogP contribution in [0, 0.1) is 5.82 Å². The van der Waals surface area contributed by atoms with Crippen molar-refractivity contribution in [3.8, 4) is 0 Å². The lowest BCUT2D eigenvalue weighted by Crippen LogP contribution is -2.51. The van der Waals surface area contributed by atoms with E-state index in [2.05, 4.69) is 5.32 Å². The maximum absolute atomic E-state index is 13.5. The van der Waals surface area contributed by atoms with Crippen molar-refractivity contribution in [2.75, 3.05) is 17.1 Å². The van der Waals surface area contributed by atoms with Crippen LogP contribution in [-0.4, -0.2) is 50.0 Å². The van der Waals surface area contributed by atoms with Gasteiger partial charge in [-0.05, 0) is 67.6 Å². The number of nitrogens with one attached hydrogen (secondary N) is 1. The van der Waals surface area contributed by atoms with Gasteiger partial charge in [0.05, 0.1) is 11.9 Å². The van der Waals surface area contributed by atoms with Gasteiger partial charge in [-0.15, -0.1) is 0 Å². The SMILES string of the molecule is CC[C@H](C(=O)NC1CCCCC1)N(Cc1ccc(Cl)cc1)C(=O)CCCN(c1ccc(F)cc1)S(C)(=O)=O. The Morgan fingerprint density at radius 3 is 2.26 bits per heavy atom. The molecule has 0 radical (unpaired) electrons. The molecule has 2 aromatic carbocycles. The first kappa shape index (κ1) is 29.9. The van der Waals surface area contributed by atoms with Crippen molar-refractivity contribution in [1.29, 1.82) is 0 Å². The Morgan fingerprint density at radius 1 is 1.05 bits per heavy atom. The second-order valence-electron chi connectivity index (χ2n) is 9.83. The van der Waals surface area contributed by atoms with Crippen molar-refractivity contribution in [1.82, 2.24) is 10.2 Å². The summed E-state index contributed by atoms with van der Waals surface area (Å²) in [5.74, 6) is -0.865. The van der Waals surface area contributed by atoms with Gasteiger partial charge in [0.2, 0.25) is 21.8 Å². The molecule has 1 N–H and O–H groups in total. The summed E-state index contributed by atoms with van der Waals surface area (Å²) in [5.41, 5.74) is 1.17. The third-order valence-electron chi connectivity index (χ3n) is 6.87. The number of hydrogen-bond acceptors (Lipinski definition) is 4. The molecule has 1 saturated carbocycles. The minimum absolute atomic E-state index is 0.0496. The summed E-state index contributed by atoms with van der Waals surface area (Å²) in [6.07, 6.45) is 7.04. The topological polar surface area (TPSA) is 86.8 Å². The molecule has 0 heterocycles. The monoisotopic (exact) mass is 565 g/mol. The molecule has 38 heavy (non-hydrogen) atoms. The van der Waals surface area contributed by atoms with Crippen molar-refractivity contribution in [3.63, 3.8) is 0 Å². The fraction of sp³-hybridized carbons (Fsp3) is 0.500. The molecular weight excluding hydrogens is 529 g/mol. The number of nitrogens with zero attached hydrogens (tertiary/aromatic N) is 2. The Morgan fingerprint density at radius 2 is 1.68 bits per heavy atom. The molecule has 0 aliphatic heterocycles. The standard InChI is InChI=1S/C28H37ClFN3O4S/c1-3-26(28(35)31-24-8-5-4-6-9-24)32(20-21-11-13-22(29)14-12-21)27(34)10-7-19-33(38(2,36)37)25-17-15-23(30)16-18-25/h11-18,24,26H,3-10,19-20H2,1-2H3,(H,31,35)/t26-/m1/s1. The van der Waals surface area contributed by atoms with Gasteiger partial charge in [0.15, 0.2) is 0 Å². The van der Waals surface area contributed by atoms with Crippen LogP contribution in [-0.2, 0) is 26.2 Å². The van der Waals surface area contributed by atoms with Crippen LogP contribution in [0.25, 0.3) is 0 Å². The molecule has 1 aliphatic rings. The zero-order valence-corrected chi connectivity index (χ0v) is 23.6. The largest absolute Gasteiger partial charge is 0.352 e. The summed E-state index contributed by atoms with van der Waals surface area (Å²) in [6.45, 7) is 2.17. The number of benzene rings is 2. The predicted octanol–water partition coefficient (Wildman–Crippen LogP) is 5.28. The highest BCUT2D eigenvalue weighted by Crippen LogP contribution is 2.22. The first-order valence-electron chi connectivity index (χ1n) is 13.2. The summed E-state index contributed by atoms with van der Waals surface area (Å²) in [5, 5.41) is 3.73.